The lowest BCUT2D eigenvalue weighted by Gasteiger charge is -2.24. The summed E-state index contributed by atoms with van der Waals surface area (Å²) in [5, 5.41) is 11.2. The fraction of sp³-hybridized carbons (Fsp3) is 0.286. The lowest BCUT2D eigenvalue weighted by atomic mass is 10.1. The van der Waals surface area contributed by atoms with Crippen molar-refractivity contribution in [2.45, 2.75) is 33.1 Å². The van der Waals surface area contributed by atoms with Crippen LogP contribution in [0.15, 0.2) is 42.5 Å². The van der Waals surface area contributed by atoms with Crippen molar-refractivity contribution in [3.05, 3.63) is 70.5 Å². The standard InChI is InChI=1S/C21H22N4O3/c1-13-4-9-17(14(2)10-13)22-21(26)20-18-12-28-19(11-25(18)24-23-20)15-5-7-16(27-3)8-6-15/h4-10,19H,11-12H2,1-3H3,(H,22,26)/t19-/m1/s1. The molecule has 144 valence electrons. The molecule has 1 aliphatic heterocycles. The van der Waals surface area contributed by atoms with Gasteiger partial charge in [-0.05, 0) is 43.2 Å². The van der Waals surface area contributed by atoms with E-state index in [-0.39, 0.29) is 18.6 Å². The van der Waals surface area contributed by atoms with Crippen LogP contribution in [0, 0.1) is 13.8 Å². The Morgan fingerprint density at radius 1 is 1.21 bits per heavy atom. The monoisotopic (exact) mass is 378 g/mol. The first kappa shape index (κ1) is 18.2. The van der Waals surface area contributed by atoms with Crippen LogP contribution < -0.4 is 10.1 Å². The van der Waals surface area contributed by atoms with E-state index >= 15 is 0 Å². The van der Waals surface area contributed by atoms with Crippen molar-refractivity contribution >= 4 is 11.6 Å². The van der Waals surface area contributed by atoms with Crippen molar-refractivity contribution in [2.24, 2.45) is 0 Å². The maximum Gasteiger partial charge on any atom is 0.278 e. The van der Waals surface area contributed by atoms with E-state index in [9.17, 15) is 4.79 Å². The van der Waals surface area contributed by atoms with Crippen molar-refractivity contribution in [2.75, 3.05) is 12.4 Å². The Morgan fingerprint density at radius 2 is 2.00 bits per heavy atom. The molecule has 1 aromatic heterocycles. The average molecular weight is 378 g/mol. The Kier molecular flexibility index (Phi) is 4.83. The van der Waals surface area contributed by atoms with Crippen molar-refractivity contribution in [3.63, 3.8) is 0 Å². The molecule has 4 rings (SSSR count). The van der Waals surface area contributed by atoms with Gasteiger partial charge in [-0.2, -0.15) is 0 Å². The van der Waals surface area contributed by atoms with Crippen LogP contribution in [0.4, 0.5) is 5.69 Å². The fourth-order valence-corrected chi connectivity index (χ4v) is 3.34. The summed E-state index contributed by atoms with van der Waals surface area (Å²) in [6.45, 7) is 4.77. The number of aryl methyl sites for hydroxylation is 2. The SMILES string of the molecule is COc1ccc([C@H]2Cn3nnc(C(=O)Nc4ccc(C)cc4C)c3CO2)cc1. The molecule has 0 bridgehead atoms. The normalized spacial score (nSPS) is 15.8. The molecule has 1 atom stereocenters. The number of nitrogens with zero attached hydrogens (tertiary/aromatic N) is 3. The molecule has 1 amide bonds. The predicted molar refractivity (Wildman–Crippen MR) is 104 cm³/mol. The van der Waals surface area contributed by atoms with Gasteiger partial charge in [-0.3, -0.25) is 4.79 Å². The first-order valence-electron chi connectivity index (χ1n) is 9.11. The topological polar surface area (TPSA) is 78.3 Å². The van der Waals surface area contributed by atoms with E-state index < -0.39 is 0 Å². The molecular formula is C21H22N4O3. The van der Waals surface area contributed by atoms with Gasteiger partial charge >= 0.3 is 0 Å². The molecule has 0 spiro atoms. The van der Waals surface area contributed by atoms with Gasteiger partial charge in [-0.1, -0.05) is 35.0 Å². The third kappa shape index (κ3) is 3.48. The molecule has 3 aromatic rings. The number of amides is 1. The third-order valence-electron chi connectivity index (χ3n) is 4.93. The minimum absolute atomic E-state index is 0.143. The van der Waals surface area contributed by atoms with Gasteiger partial charge in [0.15, 0.2) is 5.69 Å². The molecule has 2 heterocycles. The summed E-state index contributed by atoms with van der Waals surface area (Å²) in [6, 6.07) is 13.6. The number of nitrogens with one attached hydrogen (secondary N) is 1. The van der Waals surface area contributed by atoms with Gasteiger partial charge in [0, 0.05) is 5.69 Å². The van der Waals surface area contributed by atoms with Crippen LogP contribution in [-0.2, 0) is 17.9 Å². The number of ether oxygens (including phenoxy) is 2. The molecule has 0 radical (unpaired) electrons. The highest BCUT2D eigenvalue weighted by Crippen LogP contribution is 2.28. The molecule has 0 saturated heterocycles. The number of aromatic nitrogens is 3. The number of fused-ring (bicyclic) bond motifs is 1. The summed E-state index contributed by atoms with van der Waals surface area (Å²) in [5.41, 5.74) is 4.94. The number of anilines is 1. The minimum atomic E-state index is -0.278. The Balaban J connectivity index is 1.50. The molecule has 0 aliphatic carbocycles. The van der Waals surface area contributed by atoms with E-state index in [2.05, 4.69) is 15.6 Å². The lowest BCUT2D eigenvalue weighted by molar-refractivity contribution is -0.00173. The van der Waals surface area contributed by atoms with Crippen LogP contribution in [-0.4, -0.2) is 28.0 Å². The first-order valence-corrected chi connectivity index (χ1v) is 9.11. The van der Waals surface area contributed by atoms with Crippen LogP contribution in [0.5, 0.6) is 5.75 Å². The van der Waals surface area contributed by atoms with Crippen LogP contribution in [0.2, 0.25) is 0 Å². The quantitative estimate of drug-likeness (QED) is 0.753. The number of methoxy groups -OCH3 is 1. The Bertz CT molecular complexity index is 1010. The van der Waals surface area contributed by atoms with Crippen LogP contribution in [0.25, 0.3) is 0 Å². The molecule has 7 heteroatoms. The van der Waals surface area contributed by atoms with E-state index in [1.54, 1.807) is 11.8 Å². The molecule has 1 N–H and O–H groups in total. The van der Waals surface area contributed by atoms with Crippen LogP contribution in [0.3, 0.4) is 0 Å². The number of benzene rings is 2. The highest BCUT2D eigenvalue weighted by Gasteiger charge is 2.28. The Morgan fingerprint density at radius 3 is 2.71 bits per heavy atom. The molecule has 0 fully saturated rings. The van der Waals surface area contributed by atoms with E-state index in [1.165, 1.54) is 0 Å². The van der Waals surface area contributed by atoms with E-state index in [0.29, 0.717) is 17.9 Å². The van der Waals surface area contributed by atoms with Gasteiger partial charge in [0.1, 0.15) is 11.9 Å². The zero-order valence-corrected chi connectivity index (χ0v) is 16.1. The zero-order valence-electron chi connectivity index (χ0n) is 16.1. The van der Waals surface area contributed by atoms with E-state index in [4.69, 9.17) is 9.47 Å². The Labute approximate surface area is 163 Å². The number of carbonyl (C=O) groups excluding carboxylic acids is 1. The average Bonchev–Trinajstić information content (AvgIpc) is 3.13. The summed E-state index contributed by atoms with van der Waals surface area (Å²) < 4.78 is 12.9. The molecule has 28 heavy (non-hydrogen) atoms. The summed E-state index contributed by atoms with van der Waals surface area (Å²) in [6.07, 6.45) is -0.143. The molecule has 7 nitrogen and oxygen atoms in total. The smallest absolute Gasteiger partial charge is 0.278 e. The fourth-order valence-electron chi connectivity index (χ4n) is 3.34. The second kappa shape index (κ2) is 7.44. The number of rotatable bonds is 4. The van der Waals surface area contributed by atoms with Crippen molar-refractivity contribution < 1.29 is 14.3 Å². The summed E-state index contributed by atoms with van der Waals surface area (Å²) in [7, 11) is 1.64. The van der Waals surface area contributed by atoms with Crippen molar-refractivity contribution in [1.82, 2.24) is 15.0 Å². The molecule has 1 aliphatic rings. The third-order valence-corrected chi connectivity index (χ3v) is 4.93. The molecular weight excluding hydrogens is 356 g/mol. The zero-order chi connectivity index (χ0) is 19.7. The molecule has 0 unspecified atom stereocenters. The first-order chi connectivity index (χ1) is 13.5. The Hall–Kier alpha value is -3.19. The number of carbonyl (C=O) groups is 1. The van der Waals surface area contributed by atoms with Gasteiger partial charge < -0.3 is 14.8 Å². The lowest BCUT2D eigenvalue weighted by Crippen LogP contribution is -2.24. The second-order valence-electron chi connectivity index (χ2n) is 6.91. The van der Waals surface area contributed by atoms with Crippen LogP contribution in [0.1, 0.15) is 39.0 Å². The largest absolute Gasteiger partial charge is 0.497 e. The maximum atomic E-state index is 12.7. The van der Waals surface area contributed by atoms with Gasteiger partial charge in [0.05, 0.1) is 26.0 Å². The number of hydrogen-bond donors (Lipinski definition) is 1. The van der Waals surface area contributed by atoms with Gasteiger partial charge in [0.25, 0.3) is 5.91 Å². The highest BCUT2D eigenvalue weighted by molar-refractivity contribution is 6.04. The summed E-state index contributed by atoms with van der Waals surface area (Å²) >= 11 is 0. The molecule has 0 saturated carbocycles. The molecule has 2 aromatic carbocycles. The van der Waals surface area contributed by atoms with Gasteiger partial charge in [-0.25, -0.2) is 4.68 Å². The minimum Gasteiger partial charge on any atom is -0.497 e. The summed E-state index contributed by atoms with van der Waals surface area (Å²) in [5.74, 6) is 0.520. The van der Waals surface area contributed by atoms with E-state index in [0.717, 1.165) is 28.1 Å². The second-order valence-corrected chi connectivity index (χ2v) is 6.91. The van der Waals surface area contributed by atoms with Gasteiger partial charge in [0.2, 0.25) is 0 Å². The highest BCUT2D eigenvalue weighted by atomic mass is 16.5. The van der Waals surface area contributed by atoms with Crippen LogP contribution >= 0.6 is 0 Å². The summed E-state index contributed by atoms with van der Waals surface area (Å²) in [4.78, 5) is 12.7. The van der Waals surface area contributed by atoms with E-state index in [1.807, 2.05) is 56.3 Å². The predicted octanol–water partition coefficient (Wildman–Crippen LogP) is 3.43. The van der Waals surface area contributed by atoms with Gasteiger partial charge in [-0.15, -0.1) is 5.10 Å². The maximum absolute atomic E-state index is 12.7. The van der Waals surface area contributed by atoms with Crippen molar-refractivity contribution in [3.8, 4) is 5.75 Å². The number of hydrogen-bond acceptors (Lipinski definition) is 5. The van der Waals surface area contributed by atoms with Crippen molar-refractivity contribution in [1.29, 1.82) is 0 Å².